The van der Waals surface area contributed by atoms with Gasteiger partial charge in [-0.15, -0.1) is 0 Å². The number of fused-ring (bicyclic) bond motifs is 1. The van der Waals surface area contributed by atoms with Gasteiger partial charge in [0, 0.05) is 11.6 Å². The van der Waals surface area contributed by atoms with E-state index in [1.165, 1.54) is 12.1 Å². The summed E-state index contributed by atoms with van der Waals surface area (Å²) in [4.78, 5) is 8.58. The van der Waals surface area contributed by atoms with Crippen LogP contribution in [-0.2, 0) is 0 Å². The molecule has 0 amide bonds. The highest BCUT2D eigenvalue weighted by Gasteiger charge is 2.41. The Bertz CT molecular complexity index is 1010. The molecule has 0 N–H and O–H groups in total. The van der Waals surface area contributed by atoms with Crippen LogP contribution in [0, 0.1) is 17.7 Å². The van der Waals surface area contributed by atoms with E-state index in [0.29, 0.717) is 54.5 Å². The third-order valence-corrected chi connectivity index (χ3v) is 5.20. The maximum atomic E-state index is 14.5. The average Bonchev–Trinajstić information content (AvgIpc) is 3.07. The van der Waals surface area contributed by atoms with Gasteiger partial charge in [0.2, 0.25) is 11.8 Å². The molecular weight excluding hydrogens is 397 g/mol. The molecule has 4 rings (SSSR count). The van der Waals surface area contributed by atoms with Crippen LogP contribution in [0.2, 0.25) is 0 Å². The Balaban J connectivity index is 1.46. The van der Waals surface area contributed by atoms with Gasteiger partial charge in [-0.2, -0.15) is 0 Å². The first-order chi connectivity index (χ1) is 13.8. The summed E-state index contributed by atoms with van der Waals surface area (Å²) in [5, 5.41) is -1.20. The van der Waals surface area contributed by atoms with Gasteiger partial charge in [0.25, 0.3) is 0 Å². The molecule has 1 aliphatic rings. The first-order valence-corrected chi connectivity index (χ1v) is 10.2. The lowest BCUT2D eigenvalue weighted by Crippen LogP contribution is -2.37. The predicted octanol–water partition coefficient (Wildman–Crippen LogP) is 5.39. The summed E-state index contributed by atoms with van der Waals surface area (Å²) < 4.78 is 44.8. The zero-order valence-electron chi connectivity index (χ0n) is 16.3. The summed E-state index contributed by atoms with van der Waals surface area (Å²) in [6, 6.07) is 6.22. The fourth-order valence-electron chi connectivity index (χ4n) is 3.24. The Morgan fingerprint density at radius 2 is 2.07 bits per heavy atom. The Kier molecular flexibility index (Phi) is 5.43. The number of hydrogen-bond acceptors (Lipinski definition) is 5. The second-order valence-electron chi connectivity index (χ2n) is 7.98. The van der Waals surface area contributed by atoms with Gasteiger partial charge in [0.05, 0.1) is 19.4 Å². The molecule has 8 heteroatoms. The van der Waals surface area contributed by atoms with Crippen LogP contribution in [0.5, 0.6) is 11.6 Å². The molecule has 154 valence electrons. The molecule has 0 aliphatic heterocycles. The maximum absolute atomic E-state index is 14.5. The second kappa shape index (κ2) is 7.86. The van der Waals surface area contributed by atoms with Crippen molar-refractivity contribution in [2.75, 3.05) is 13.2 Å². The van der Waals surface area contributed by atoms with E-state index >= 15 is 0 Å². The summed E-state index contributed by atoms with van der Waals surface area (Å²) in [5.74, 6) is 0.857. The molecule has 1 saturated carbocycles. The summed E-state index contributed by atoms with van der Waals surface area (Å²) >= 11 is 0. The van der Waals surface area contributed by atoms with Gasteiger partial charge in [-0.25, -0.2) is 18.7 Å². The topological polar surface area (TPSA) is 57.4 Å². The molecule has 5 nitrogen and oxygen atoms in total. The Hall–Kier alpha value is -2.27. The van der Waals surface area contributed by atoms with Crippen molar-refractivity contribution in [3.05, 3.63) is 36.3 Å². The van der Waals surface area contributed by atoms with E-state index in [9.17, 15) is 8.78 Å². The first-order valence-electron chi connectivity index (χ1n) is 9.59. The van der Waals surface area contributed by atoms with Crippen LogP contribution >= 0.6 is 9.24 Å². The van der Waals surface area contributed by atoms with E-state index in [1.807, 2.05) is 0 Å². The van der Waals surface area contributed by atoms with Gasteiger partial charge in [0.1, 0.15) is 10.9 Å². The number of ether oxygens (including phenoxy) is 2. The van der Waals surface area contributed by atoms with Crippen LogP contribution in [0.4, 0.5) is 8.78 Å². The number of aromatic nitrogens is 2. The molecule has 29 heavy (non-hydrogen) atoms. The third-order valence-electron chi connectivity index (χ3n) is 4.72. The molecule has 1 unspecified atom stereocenters. The summed E-state index contributed by atoms with van der Waals surface area (Å²) in [7, 11) is 2.20. The fourth-order valence-corrected chi connectivity index (χ4v) is 3.91. The molecule has 0 spiro atoms. The van der Waals surface area contributed by atoms with Gasteiger partial charge in [0.15, 0.2) is 17.1 Å². The van der Waals surface area contributed by atoms with Gasteiger partial charge in [-0.3, -0.25) is 0 Å². The van der Waals surface area contributed by atoms with Crippen molar-refractivity contribution in [1.29, 1.82) is 0 Å². The SMILES string of the molecule is CC(C)COc1cc2oc(-c3ccc(OCC4CC(F)(P)C4)c(F)c3)nc2cn1. The molecule has 1 atom stereocenters. The minimum Gasteiger partial charge on any atom is -0.490 e. The normalized spacial score (nSPS) is 21.4. The molecule has 1 fully saturated rings. The molecule has 3 aromatic rings. The zero-order valence-corrected chi connectivity index (χ0v) is 17.5. The molecular formula is C21H23F2N2O3P. The molecule has 0 saturated heterocycles. The van der Waals surface area contributed by atoms with Crippen LogP contribution in [0.15, 0.2) is 34.9 Å². The highest BCUT2D eigenvalue weighted by Crippen LogP contribution is 2.46. The lowest BCUT2D eigenvalue weighted by atomic mass is 9.83. The van der Waals surface area contributed by atoms with E-state index in [-0.39, 0.29) is 17.6 Å². The van der Waals surface area contributed by atoms with Crippen molar-refractivity contribution in [2.45, 2.75) is 32.1 Å². The van der Waals surface area contributed by atoms with E-state index in [0.717, 1.165) is 0 Å². The Morgan fingerprint density at radius 3 is 2.76 bits per heavy atom. The number of pyridine rings is 1. The van der Waals surface area contributed by atoms with E-state index in [4.69, 9.17) is 13.9 Å². The lowest BCUT2D eigenvalue weighted by molar-refractivity contribution is 0.0580. The maximum Gasteiger partial charge on any atom is 0.227 e. The second-order valence-corrected chi connectivity index (χ2v) is 9.01. The van der Waals surface area contributed by atoms with Crippen LogP contribution in [0.3, 0.4) is 0 Å². The number of alkyl halides is 1. The van der Waals surface area contributed by atoms with Crippen molar-refractivity contribution in [3.63, 3.8) is 0 Å². The highest BCUT2D eigenvalue weighted by atomic mass is 31.0. The van der Waals surface area contributed by atoms with E-state index in [2.05, 4.69) is 33.1 Å². The van der Waals surface area contributed by atoms with Gasteiger partial charge in [-0.05, 0) is 42.9 Å². The molecule has 0 bridgehead atoms. The minimum absolute atomic E-state index is 0.105. The van der Waals surface area contributed by atoms with Gasteiger partial charge >= 0.3 is 0 Å². The van der Waals surface area contributed by atoms with Gasteiger partial charge in [-0.1, -0.05) is 23.1 Å². The van der Waals surface area contributed by atoms with Crippen molar-refractivity contribution >= 4 is 20.3 Å². The zero-order chi connectivity index (χ0) is 20.6. The van der Waals surface area contributed by atoms with Crippen LogP contribution in [-0.4, -0.2) is 28.6 Å². The quantitative estimate of drug-likeness (QED) is 0.480. The van der Waals surface area contributed by atoms with Crippen molar-refractivity contribution in [3.8, 4) is 23.1 Å². The summed E-state index contributed by atoms with van der Waals surface area (Å²) in [6.07, 6.45) is 2.40. The highest BCUT2D eigenvalue weighted by molar-refractivity contribution is 7.18. The Morgan fingerprint density at radius 1 is 1.28 bits per heavy atom. The molecule has 1 aromatic carbocycles. The van der Waals surface area contributed by atoms with Crippen LogP contribution in [0.1, 0.15) is 26.7 Å². The monoisotopic (exact) mass is 420 g/mol. The molecule has 2 aromatic heterocycles. The standard InChI is InChI=1S/C21H23F2N2O3P/c1-12(2)10-27-19-6-18-16(9-24-19)25-20(28-18)14-3-4-17(15(22)5-14)26-11-13-7-21(23,29)8-13/h3-6,9,12-13H,7-8,10-11,29H2,1-2H3. The Labute approximate surface area is 170 Å². The molecule has 2 heterocycles. The van der Waals surface area contributed by atoms with E-state index in [1.54, 1.807) is 18.3 Å². The third kappa shape index (κ3) is 4.67. The fraction of sp³-hybridized carbons (Fsp3) is 0.429. The number of hydrogen-bond donors (Lipinski definition) is 0. The minimum atomic E-state index is -1.20. The van der Waals surface area contributed by atoms with Crippen LogP contribution < -0.4 is 9.47 Å². The number of oxazole rings is 1. The van der Waals surface area contributed by atoms with E-state index < -0.39 is 11.2 Å². The predicted molar refractivity (Wildman–Crippen MR) is 109 cm³/mol. The van der Waals surface area contributed by atoms with Crippen molar-refractivity contribution in [1.82, 2.24) is 9.97 Å². The molecule has 0 radical (unpaired) electrons. The number of rotatable bonds is 7. The summed E-state index contributed by atoms with van der Waals surface area (Å²) in [5.41, 5.74) is 1.58. The summed E-state index contributed by atoms with van der Waals surface area (Å²) in [6.45, 7) is 4.95. The largest absolute Gasteiger partial charge is 0.490 e. The van der Waals surface area contributed by atoms with Gasteiger partial charge < -0.3 is 13.9 Å². The number of halogens is 2. The van der Waals surface area contributed by atoms with Crippen molar-refractivity contribution in [2.24, 2.45) is 11.8 Å². The first kappa shape index (κ1) is 20.0. The molecule has 1 aliphatic carbocycles. The lowest BCUT2D eigenvalue weighted by Gasteiger charge is -2.38. The average molecular weight is 420 g/mol. The number of nitrogens with zero attached hydrogens (tertiary/aromatic N) is 2. The number of benzene rings is 1. The smallest absolute Gasteiger partial charge is 0.227 e. The van der Waals surface area contributed by atoms with Crippen molar-refractivity contribution < 1.29 is 22.7 Å². The van der Waals surface area contributed by atoms with Crippen LogP contribution in [0.25, 0.3) is 22.6 Å².